The number of hydrogen-bond donors (Lipinski definition) is 0. The molecule has 0 N–H and O–H groups in total. The van der Waals surface area contributed by atoms with E-state index < -0.39 is 0 Å². The number of benzene rings is 7. The SMILES string of the molecule is C[CH-]N(c1ccc2ccc3c(N(c4ccccc4)c4cccc5c4sc4ncccc45)ccc4ccc1c2c43)c1cccc2c1sc1ncccc12.[Bk]. The molecule has 7 aromatic carbocycles. The second kappa shape index (κ2) is 11.7. The molecule has 0 spiro atoms. The van der Waals surface area contributed by atoms with E-state index in [1.54, 1.807) is 22.7 Å². The molecule has 0 saturated carbocycles. The molecule has 0 aliphatic heterocycles. The molecule has 1 radical (unpaired) electrons. The van der Waals surface area contributed by atoms with Gasteiger partial charge in [0.2, 0.25) is 0 Å². The van der Waals surface area contributed by atoms with Gasteiger partial charge in [-0.3, -0.25) is 0 Å². The maximum Gasteiger partial charge on any atom is 0.124 e. The third kappa shape index (κ3) is 4.41. The van der Waals surface area contributed by atoms with Crippen LogP contribution in [0.1, 0.15) is 6.92 Å². The Morgan fingerprint density at radius 2 is 0.981 bits per heavy atom. The molecular weight excluding hydrogens is 920 g/mol. The average molecular weight is 949 g/mol. The summed E-state index contributed by atoms with van der Waals surface area (Å²) in [6, 6.07) is 50.8. The van der Waals surface area contributed by atoms with Gasteiger partial charge in [0, 0.05) is 61.8 Å². The maximum atomic E-state index is 4.74. The van der Waals surface area contributed by atoms with Gasteiger partial charge in [0.05, 0.1) is 20.8 Å². The first-order valence-corrected chi connectivity index (χ1v) is 19.1. The smallest absolute Gasteiger partial charge is 0.124 e. The summed E-state index contributed by atoms with van der Waals surface area (Å²) < 4.78 is 2.47. The molecule has 53 heavy (non-hydrogen) atoms. The topological polar surface area (TPSA) is 32.3 Å². The molecule has 0 aliphatic rings. The second-order valence-corrected chi connectivity index (χ2v) is 15.1. The normalized spacial score (nSPS) is 11.8. The Morgan fingerprint density at radius 3 is 1.60 bits per heavy atom. The van der Waals surface area contributed by atoms with Crippen LogP contribution in [-0.4, -0.2) is 9.97 Å². The van der Waals surface area contributed by atoms with Crippen LogP contribution in [0.25, 0.3) is 72.9 Å². The largest absolute Gasteiger partial charge is 0.493 e. The minimum atomic E-state index is 0. The number of hydrogen-bond acceptors (Lipinski definition) is 6. The maximum absolute atomic E-state index is 4.74. The van der Waals surface area contributed by atoms with E-state index >= 15 is 0 Å². The number of anilines is 5. The number of nitrogens with zero attached hydrogens (tertiary/aromatic N) is 4. The summed E-state index contributed by atoms with van der Waals surface area (Å²) in [7, 11) is 0. The Balaban J connectivity index is 0.00000349. The molecule has 255 valence electrons. The molecule has 4 nitrogen and oxygen atoms in total. The van der Waals surface area contributed by atoms with Crippen molar-refractivity contribution in [3.05, 3.63) is 158 Å². The van der Waals surface area contributed by atoms with E-state index in [-0.39, 0.29) is 0 Å². The fourth-order valence-corrected chi connectivity index (χ4v) is 10.5. The van der Waals surface area contributed by atoms with E-state index in [1.165, 1.54) is 68.9 Å². The van der Waals surface area contributed by atoms with Crippen LogP contribution in [-0.2, 0) is 0 Å². The summed E-state index contributed by atoms with van der Waals surface area (Å²) in [5, 5.41) is 12.3. The van der Waals surface area contributed by atoms with Crippen LogP contribution in [0.4, 0.5) is 28.4 Å². The van der Waals surface area contributed by atoms with Crippen molar-refractivity contribution in [3.63, 3.8) is 0 Å². The van der Waals surface area contributed by atoms with Gasteiger partial charge >= 0.3 is 0 Å². The molecule has 0 bridgehead atoms. The summed E-state index contributed by atoms with van der Waals surface area (Å²) in [5.74, 6) is 0. The summed E-state index contributed by atoms with van der Waals surface area (Å²) in [4.78, 5) is 16.4. The first kappa shape index (κ1) is 30.7. The molecule has 0 saturated heterocycles. The van der Waals surface area contributed by atoms with Crippen molar-refractivity contribution in [3.8, 4) is 0 Å². The number of aromatic nitrogens is 2. The fraction of sp³-hybridized carbons (Fsp3) is 0.0217. The zero-order chi connectivity index (χ0) is 34.3. The van der Waals surface area contributed by atoms with E-state index in [9.17, 15) is 0 Å². The summed E-state index contributed by atoms with van der Waals surface area (Å²) in [5.41, 5.74) is 5.75. The quantitative estimate of drug-likeness (QED) is 0.123. The van der Waals surface area contributed by atoms with E-state index in [0.717, 1.165) is 32.4 Å². The third-order valence-corrected chi connectivity index (χ3v) is 12.7. The molecule has 7 heteroatoms. The molecule has 0 unspecified atom stereocenters. The van der Waals surface area contributed by atoms with Crippen molar-refractivity contribution < 1.29 is 0 Å². The number of thiophene rings is 2. The van der Waals surface area contributed by atoms with E-state index in [0.29, 0.717) is 0 Å². The Morgan fingerprint density at radius 1 is 0.453 bits per heavy atom. The number of pyridine rings is 2. The predicted octanol–water partition coefficient (Wildman–Crippen LogP) is 13.9. The van der Waals surface area contributed by atoms with Gasteiger partial charge in [-0.1, -0.05) is 78.9 Å². The van der Waals surface area contributed by atoms with E-state index in [2.05, 4.69) is 151 Å². The standard InChI is InChI=1S/C46H29N4S2.Bk/c1-2-49(39-16-6-12-31-33-14-8-26-47-45(33)51-43(31)39)37-24-20-28-19-23-36-38(25-21-29-18-22-35(37)41(28)42(29)36)50(30-10-4-3-5-11-30)40-17-7-13-32-34-15-9-27-48-46(34)52-44(32)40;/h2-27H,1H3;/q-1;. The summed E-state index contributed by atoms with van der Waals surface area (Å²) >= 11 is 3.52. The van der Waals surface area contributed by atoms with Crippen LogP contribution >= 0.6 is 22.7 Å². The molecule has 0 amide bonds. The molecule has 11 aromatic rings. The fourth-order valence-electron chi connectivity index (χ4n) is 8.17. The molecule has 0 atom stereocenters. The van der Waals surface area contributed by atoms with Crippen molar-refractivity contribution in [2.24, 2.45) is 0 Å². The van der Waals surface area contributed by atoms with E-state index in [1.807, 2.05) is 24.5 Å². The van der Waals surface area contributed by atoms with Crippen molar-refractivity contribution >= 4 is 124 Å². The number of fused-ring (bicyclic) bond motifs is 6. The Hall–Kier alpha value is -7.08. The monoisotopic (exact) mass is 948 g/mol. The van der Waals surface area contributed by atoms with Crippen LogP contribution in [0, 0.1) is 6.54 Å². The number of para-hydroxylation sites is 1. The van der Waals surface area contributed by atoms with Crippen molar-refractivity contribution in [2.75, 3.05) is 9.80 Å². The first-order valence-electron chi connectivity index (χ1n) is 17.4. The predicted molar refractivity (Wildman–Crippen MR) is 225 cm³/mol. The molecular formula is C46H29BkN4S2-. The zero-order valence-electron chi connectivity index (χ0n) is 28.4. The molecule has 4 heterocycles. The first-order chi connectivity index (χ1) is 25.8. The van der Waals surface area contributed by atoms with Gasteiger partial charge in [-0.25, -0.2) is 16.5 Å². The zero-order valence-corrected chi connectivity index (χ0v) is 32.9. The molecule has 0 fully saturated rings. The number of rotatable bonds is 6. The Bertz CT molecular complexity index is 3150. The average Bonchev–Trinajstić information content (AvgIpc) is 3.78. The third-order valence-electron chi connectivity index (χ3n) is 10.4. The van der Waals surface area contributed by atoms with Gasteiger partial charge < -0.3 is 9.80 Å². The van der Waals surface area contributed by atoms with Crippen LogP contribution in [0.5, 0.6) is 0 Å². The summed E-state index contributed by atoms with van der Waals surface area (Å²) in [6.07, 6.45) is 3.77. The second-order valence-electron chi connectivity index (χ2n) is 13.1. The van der Waals surface area contributed by atoms with Crippen molar-refractivity contribution in [1.29, 1.82) is 0 Å². The van der Waals surface area contributed by atoms with Gasteiger partial charge in [-0.05, 0) is 82.2 Å². The van der Waals surface area contributed by atoms with Gasteiger partial charge in [0.25, 0.3) is 0 Å². The van der Waals surface area contributed by atoms with Crippen LogP contribution in [0.3, 0.4) is 0 Å². The van der Waals surface area contributed by atoms with Gasteiger partial charge in [0.15, 0.2) is 0 Å². The minimum Gasteiger partial charge on any atom is -0.493 e. The minimum absolute atomic E-state index is 0. The Kier molecular flexibility index (Phi) is 6.80. The van der Waals surface area contributed by atoms with Gasteiger partial charge in [0.1, 0.15) is 9.66 Å². The molecule has 11 rings (SSSR count). The van der Waals surface area contributed by atoms with E-state index in [4.69, 9.17) is 9.97 Å². The molecule has 0 aliphatic carbocycles. The van der Waals surface area contributed by atoms with Crippen LogP contribution < -0.4 is 9.80 Å². The Labute approximate surface area is 307 Å². The van der Waals surface area contributed by atoms with Gasteiger partial charge in [-0.15, -0.1) is 22.7 Å². The van der Waals surface area contributed by atoms with Gasteiger partial charge in [-0.2, -0.15) is 6.92 Å². The van der Waals surface area contributed by atoms with Crippen LogP contribution in [0.15, 0.2) is 152 Å². The van der Waals surface area contributed by atoms with Crippen molar-refractivity contribution in [2.45, 2.75) is 6.92 Å². The van der Waals surface area contributed by atoms with Crippen LogP contribution in [0.2, 0.25) is 0 Å². The molecule has 4 aromatic heterocycles. The van der Waals surface area contributed by atoms with Crippen molar-refractivity contribution in [1.82, 2.24) is 9.97 Å². The summed E-state index contributed by atoms with van der Waals surface area (Å²) in [6.45, 7) is 4.32.